The van der Waals surface area contributed by atoms with Crippen LogP contribution in [0.15, 0.2) is 49.1 Å². The quantitative estimate of drug-likeness (QED) is 0.212. The number of rotatable bonds is 10. The van der Waals surface area contributed by atoms with Gasteiger partial charge in [-0.05, 0) is 52.0 Å². The number of nitrogens with zero attached hydrogens (tertiary/aromatic N) is 10. The monoisotopic (exact) mass is 593 g/mol. The lowest BCUT2D eigenvalue weighted by Gasteiger charge is -2.17. The number of urea groups is 2. The number of amides is 4. The van der Waals surface area contributed by atoms with E-state index in [1.54, 1.807) is 32.9 Å². The minimum atomic E-state index is -0.387. The van der Waals surface area contributed by atoms with Crippen molar-refractivity contribution < 1.29 is 14.2 Å². The van der Waals surface area contributed by atoms with Gasteiger partial charge in [-0.2, -0.15) is 0 Å². The highest BCUT2D eigenvalue weighted by Crippen LogP contribution is 2.24. The second kappa shape index (κ2) is 12.5. The molecule has 0 saturated carbocycles. The van der Waals surface area contributed by atoms with Crippen molar-refractivity contribution in [3.8, 4) is 23.0 Å². The van der Waals surface area contributed by atoms with Crippen LogP contribution in [0.4, 0.5) is 21.2 Å². The average Bonchev–Trinajstić information content (AvgIpc) is 3.72. The Morgan fingerprint density at radius 1 is 1.07 bits per heavy atom. The fourth-order valence-electron chi connectivity index (χ4n) is 4.58. The van der Waals surface area contributed by atoms with Crippen LogP contribution < -0.4 is 20.1 Å². The number of hydrogen-bond acceptors (Lipinski definition) is 7. The van der Waals surface area contributed by atoms with Gasteiger partial charge in [0.2, 0.25) is 6.33 Å². The number of pyridine rings is 2. The summed E-state index contributed by atoms with van der Waals surface area (Å²) in [5.41, 5.74) is 1.24. The summed E-state index contributed by atoms with van der Waals surface area (Å²) in [5, 5.41) is 18.4. The van der Waals surface area contributed by atoms with Crippen LogP contribution in [-0.4, -0.2) is 77.0 Å². The van der Waals surface area contributed by atoms with Gasteiger partial charge in [-0.15, -0.1) is 21.8 Å². The fraction of sp³-hybridized carbons (Fsp3) is 0.407. The number of nitrogens with one attached hydrogen (secondary N) is 2. The molecule has 42 heavy (non-hydrogen) atoms. The molecule has 4 amide bonds. The number of alkyl halides is 1. The number of halogens is 1. The van der Waals surface area contributed by atoms with Gasteiger partial charge in [0.15, 0.2) is 12.5 Å². The first kappa shape index (κ1) is 28.9. The Kier molecular flexibility index (Phi) is 8.61. The molecule has 0 atom stereocenters. The predicted octanol–water partition coefficient (Wildman–Crippen LogP) is 3.31. The normalized spacial score (nSPS) is 13.5. The summed E-state index contributed by atoms with van der Waals surface area (Å²) in [6.07, 6.45) is 3.55. The van der Waals surface area contributed by atoms with Crippen molar-refractivity contribution in [1.82, 2.24) is 44.7 Å². The summed E-state index contributed by atoms with van der Waals surface area (Å²) in [4.78, 5) is 38.2. The predicted molar refractivity (Wildman–Crippen MR) is 157 cm³/mol. The zero-order valence-electron chi connectivity index (χ0n) is 24.0. The maximum atomic E-state index is 13.5. The first-order valence-electron chi connectivity index (χ1n) is 13.8. The van der Waals surface area contributed by atoms with E-state index in [2.05, 4.69) is 39.7 Å². The van der Waals surface area contributed by atoms with Crippen molar-refractivity contribution in [3.63, 3.8) is 0 Å². The molecule has 0 unspecified atom stereocenters. The van der Waals surface area contributed by atoms with Crippen molar-refractivity contribution >= 4 is 35.3 Å². The highest BCUT2D eigenvalue weighted by molar-refractivity contribution is 6.18. The molecule has 14 nitrogen and oxygen atoms in total. The number of hydrogen-bond donors (Lipinski definition) is 2. The van der Waals surface area contributed by atoms with Crippen LogP contribution in [0.1, 0.15) is 39.8 Å². The molecule has 1 aliphatic heterocycles. The Balaban J connectivity index is 1.33. The molecule has 0 aromatic carbocycles. The van der Waals surface area contributed by atoms with Crippen molar-refractivity contribution in [3.05, 3.63) is 49.1 Å². The smallest absolute Gasteiger partial charge is 0.328 e. The van der Waals surface area contributed by atoms with Crippen molar-refractivity contribution in [2.45, 2.75) is 46.4 Å². The van der Waals surface area contributed by atoms with Gasteiger partial charge in [0.1, 0.15) is 29.4 Å². The molecule has 15 heteroatoms. The molecule has 4 aromatic rings. The van der Waals surface area contributed by atoms with Crippen molar-refractivity contribution in [1.29, 1.82) is 0 Å². The molecule has 0 aliphatic carbocycles. The lowest BCUT2D eigenvalue weighted by molar-refractivity contribution is -0.706. The van der Waals surface area contributed by atoms with Crippen LogP contribution in [0.3, 0.4) is 0 Å². The van der Waals surface area contributed by atoms with Gasteiger partial charge in [0.05, 0.1) is 6.04 Å². The molecule has 0 spiro atoms. The highest BCUT2D eigenvalue weighted by atomic mass is 35.5. The zero-order chi connectivity index (χ0) is 29.8. The summed E-state index contributed by atoms with van der Waals surface area (Å²) >= 11 is 5.65. The molecule has 1 saturated heterocycles. The summed E-state index contributed by atoms with van der Waals surface area (Å²) in [7, 11) is 0. The van der Waals surface area contributed by atoms with Gasteiger partial charge < -0.3 is 9.88 Å². The second-order valence-electron chi connectivity index (χ2n) is 10.3. The van der Waals surface area contributed by atoms with Gasteiger partial charge in [0.25, 0.3) is 0 Å². The Morgan fingerprint density at radius 2 is 1.86 bits per heavy atom. The molecule has 5 rings (SSSR count). The molecular formula is C27H34ClN12O2+. The molecule has 2 N–H and O–H groups in total. The summed E-state index contributed by atoms with van der Waals surface area (Å²) < 4.78 is 5.65. The Hall–Kier alpha value is -4.59. The zero-order valence-corrected chi connectivity index (χ0v) is 24.7. The van der Waals surface area contributed by atoms with Gasteiger partial charge >= 0.3 is 17.9 Å². The van der Waals surface area contributed by atoms with Crippen LogP contribution >= 0.6 is 11.6 Å². The molecular weight excluding hydrogens is 560 g/mol. The Labute approximate surface area is 248 Å². The topological polar surface area (TPSA) is 143 Å². The van der Waals surface area contributed by atoms with Crippen LogP contribution in [0.2, 0.25) is 0 Å². The van der Waals surface area contributed by atoms with Crippen LogP contribution in [0.25, 0.3) is 23.0 Å². The van der Waals surface area contributed by atoms with Crippen LogP contribution in [0.5, 0.6) is 0 Å². The minimum absolute atomic E-state index is 0.0739. The molecule has 0 radical (unpaired) electrons. The SMILES string of the molecule is CC(C)n1cnnc1-c1cccc(N2CCN(Cn3c[n+](C(C)C)c(-c4cccc(NC(=O)NCCCl)n4)n3)C2=O)n1. The van der Waals surface area contributed by atoms with E-state index in [9.17, 15) is 9.59 Å². The third-order valence-corrected chi connectivity index (χ3v) is 6.85. The third-order valence-electron chi connectivity index (χ3n) is 6.66. The van der Waals surface area contributed by atoms with Crippen LogP contribution in [0, 0.1) is 0 Å². The van der Waals surface area contributed by atoms with Gasteiger partial charge in [-0.25, -0.2) is 24.1 Å². The maximum absolute atomic E-state index is 13.5. The summed E-state index contributed by atoms with van der Waals surface area (Å²) in [6, 6.07) is 10.6. The lowest BCUT2D eigenvalue weighted by Crippen LogP contribution is -2.37. The van der Waals surface area contributed by atoms with E-state index in [0.29, 0.717) is 60.2 Å². The Bertz CT molecular complexity index is 1570. The molecule has 0 bridgehead atoms. The number of aromatic nitrogens is 8. The number of carbonyl (C=O) groups is 2. The second-order valence-corrected chi connectivity index (χ2v) is 10.7. The largest absolute Gasteiger partial charge is 0.337 e. The summed E-state index contributed by atoms with van der Waals surface area (Å²) in [5.74, 6) is 2.52. The minimum Gasteiger partial charge on any atom is -0.337 e. The van der Waals surface area contributed by atoms with E-state index < -0.39 is 0 Å². The maximum Gasteiger partial charge on any atom is 0.328 e. The third kappa shape index (κ3) is 6.17. The number of carbonyl (C=O) groups excluding carboxylic acids is 2. The summed E-state index contributed by atoms with van der Waals surface area (Å²) in [6.45, 7) is 9.79. The van der Waals surface area contributed by atoms with Crippen molar-refractivity contribution in [2.24, 2.45) is 0 Å². The molecule has 220 valence electrons. The van der Waals surface area contributed by atoms with E-state index in [-0.39, 0.29) is 30.8 Å². The molecule has 1 aliphatic rings. The van der Waals surface area contributed by atoms with Gasteiger partial charge in [-0.1, -0.05) is 16.8 Å². The number of anilines is 2. The first-order valence-corrected chi connectivity index (χ1v) is 14.3. The van der Waals surface area contributed by atoms with E-state index in [1.165, 1.54) is 0 Å². The molecule has 1 fully saturated rings. The highest BCUT2D eigenvalue weighted by Gasteiger charge is 2.33. The van der Waals surface area contributed by atoms with Gasteiger partial charge in [-0.3, -0.25) is 15.1 Å². The average molecular weight is 594 g/mol. The lowest BCUT2D eigenvalue weighted by atomic mass is 10.3. The molecule has 5 heterocycles. The first-order chi connectivity index (χ1) is 20.2. The standard InChI is InChI=1S/C27H33ClN12O2/c1-18(2)39-15-30-34-24(39)20-8-6-10-23(32-20)38-14-13-36(27(38)42)16-37-17-40(19(3)4)25(35-37)21-7-5-9-22(31-21)33-26(41)29-12-11-28/h5-10,15,17-19H,11-14,16H2,1-4H3,(H-,29,31,33,41)/p+1. The Morgan fingerprint density at radius 3 is 2.62 bits per heavy atom. The van der Waals surface area contributed by atoms with Gasteiger partial charge in [0, 0.05) is 36.7 Å². The fourth-order valence-corrected chi connectivity index (χ4v) is 4.67. The van der Waals surface area contributed by atoms with Crippen LogP contribution in [-0.2, 0) is 6.67 Å². The molecule has 4 aromatic heterocycles. The van der Waals surface area contributed by atoms with E-state index in [0.717, 1.165) is 0 Å². The van der Waals surface area contributed by atoms with E-state index in [1.807, 2.05) is 53.6 Å². The van der Waals surface area contributed by atoms with Crippen molar-refractivity contribution in [2.75, 3.05) is 35.7 Å². The van der Waals surface area contributed by atoms with E-state index >= 15 is 0 Å². The van der Waals surface area contributed by atoms with E-state index in [4.69, 9.17) is 21.7 Å².